The Kier molecular flexibility index (Phi) is 4.26. The highest BCUT2D eigenvalue weighted by atomic mass is 16.2. The van der Waals surface area contributed by atoms with E-state index in [1.807, 2.05) is 30.3 Å². The first-order valence-electron chi connectivity index (χ1n) is 7.77. The van der Waals surface area contributed by atoms with Gasteiger partial charge in [-0.1, -0.05) is 48.5 Å². The summed E-state index contributed by atoms with van der Waals surface area (Å²) < 4.78 is 0. The molecule has 1 aliphatic rings. The number of ketones is 1. The molecule has 4 heteroatoms. The van der Waals surface area contributed by atoms with Crippen LogP contribution in [-0.2, 0) is 0 Å². The van der Waals surface area contributed by atoms with E-state index in [-0.39, 0.29) is 23.7 Å². The van der Waals surface area contributed by atoms with Crippen LogP contribution in [0.15, 0.2) is 54.6 Å². The predicted octanol–water partition coefficient (Wildman–Crippen LogP) is 2.46. The zero-order chi connectivity index (χ0) is 16.4. The van der Waals surface area contributed by atoms with E-state index in [0.717, 1.165) is 5.56 Å². The molecule has 4 nitrogen and oxygen atoms in total. The summed E-state index contributed by atoms with van der Waals surface area (Å²) in [5, 5.41) is 0. The SMILES string of the molecule is CC(=O)c1ccccc1C(=O)N1C[C@@H](N)[C@H](c2ccccc2)C1. The number of hydrogen-bond donors (Lipinski definition) is 1. The van der Waals surface area contributed by atoms with Crippen LogP contribution in [0.4, 0.5) is 0 Å². The average Bonchev–Trinajstić information content (AvgIpc) is 2.97. The maximum atomic E-state index is 12.8. The number of carbonyl (C=O) groups excluding carboxylic acids is 2. The highest BCUT2D eigenvalue weighted by molar-refractivity contribution is 6.07. The quantitative estimate of drug-likeness (QED) is 0.886. The Morgan fingerprint density at radius 3 is 2.22 bits per heavy atom. The molecule has 2 atom stereocenters. The number of nitrogens with zero attached hydrogens (tertiary/aromatic N) is 1. The number of benzene rings is 2. The molecule has 0 bridgehead atoms. The third-order valence-corrected chi connectivity index (χ3v) is 4.42. The van der Waals surface area contributed by atoms with Gasteiger partial charge in [-0.2, -0.15) is 0 Å². The first kappa shape index (κ1) is 15.4. The van der Waals surface area contributed by atoms with Crippen LogP contribution in [0.3, 0.4) is 0 Å². The summed E-state index contributed by atoms with van der Waals surface area (Å²) in [6, 6.07) is 16.9. The summed E-state index contributed by atoms with van der Waals surface area (Å²) in [6.45, 7) is 2.56. The van der Waals surface area contributed by atoms with Crippen molar-refractivity contribution in [2.75, 3.05) is 13.1 Å². The van der Waals surface area contributed by atoms with E-state index >= 15 is 0 Å². The molecule has 0 aromatic heterocycles. The minimum absolute atomic E-state index is 0.0918. The van der Waals surface area contributed by atoms with Gasteiger partial charge in [0, 0.05) is 30.6 Å². The first-order chi connectivity index (χ1) is 11.1. The van der Waals surface area contributed by atoms with Crippen LogP contribution < -0.4 is 5.73 Å². The molecule has 1 amide bonds. The average molecular weight is 308 g/mol. The number of amides is 1. The van der Waals surface area contributed by atoms with Gasteiger partial charge in [0.25, 0.3) is 5.91 Å². The molecule has 1 fully saturated rings. The molecule has 2 aromatic rings. The summed E-state index contributed by atoms with van der Waals surface area (Å²) in [5.74, 6) is -0.0913. The number of likely N-dealkylation sites (tertiary alicyclic amines) is 1. The molecule has 0 saturated carbocycles. The topological polar surface area (TPSA) is 63.4 Å². The second-order valence-electron chi connectivity index (χ2n) is 5.99. The van der Waals surface area contributed by atoms with Crippen LogP contribution in [0.2, 0.25) is 0 Å². The predicted molar refractivity (Wildman–Crippen MR) is 89.5 cm³/mol. The Hall–Kier alpha value is -2.46. The number of carbonyl (C=O) groups is 2. The maximum Gasteiger partial charge on any atom is 0.254 e. The van der Waals surface area contributed by atoms with E-state index in [9.17, 15) is 9.59 Å². The lowest BCUT2D eigenvalue weighted by molar-refractivity contribution is 0.0783. The van der Waals surface area contributed by atoms with Gasteiger partial charge in [0.2, 0.25) is 0 Å². The molecule has 2 N–H and O–H groups in total. The first-order valence-corrected chi connectivity index (χ1v) is 7.77. The molecule has 0 spiro atoms. The van der Waals surface area contributed by atoms with E-state index in [1.165, 1.54) is 6.92 Å². The summed E-state index contributed by atoms with van der Waals surface area (Å²) in [6.07, 6.45) is 0. The van der Waals surface area contributed by atoms with Gasteiger partial charge < -0.3 is 10.6 Å². The molecule has 23 heavy (non-hydrogen) atoms. The standard InChI is InChI=1S/C19H20N2O2/c1-13(22)15-9-5-6-10-16(15)19(23)21-11-17(18(20)12-21)14-7-3-2-4-8-14/h2-10,17-18H,11-12,20H2,1H3/t17-,18+/m0/s1. The molecular weight excluding hydrogens is 288 g/mol. The van der Waals surface area contributed by atoms with Crippen molar-refractivity contribution < 1.29 is 9.59 Å². The van der Waals surface area contributed by atoms with Crippen molar-refractivity contribution in [3.8, 4) is 0 Å². The summed E-state index contributed by atoms with van der Waals surface area (Å²) in [5.41, 5.74) is 8.33. The third kappa shape index (κ3) is 3.03. The lowest BCUT2D eigenvalue weighted by atomic mass is 9.95. The van der Waals surface area contributed by atoms with Gasteiger partial charge in [-0.3, -0.25) is 9.59 Å². The molecule has 1 aliphatic heterocycles. The highest BCUT2D eigenvalue weighted by Gasteiger charge is 2.34. The molecule has 1 heterocycles. The van der Waals surface area contributed by atoms with Crippen molar-refractivity contribution in [1.29, 1.82) is 0 Å². The van der Waals surface area contributed by atoms with Gasteiger partial charge in [0.1, 0.15) is 0 Å². The lowest BCUT2D eigenvalue weighted by Gasteiger charge is -2.18. The van der Waals surface area contributed by atoms with Crippen LogP contribution in [0, 0.1) is 0 Å². The van der Waals surface area contributed by atoms with Crippen molar-refractivity contribution >= 4 is 11.7 Å². The van der Waals surface area contributed by atoms with Crippen molar-refractivity contribution in [1.82, 2.24) is 4.90 Å². The highest BCUT2D eigenvalue weighted by Crippen LogP contribution is 2.28. The van der Waals surface area contributed by atoms with Crippen LogP contribution in [0.25, 0.3) is 0 Å². The fourth-order valence-corrected chi connectivity index (χ4v) is 3.19. The van der Waals surface area contributed by atoms with E-state index in [0.29, 0.717) is 24.2 Å². The zero-order valence-electron chi connectivity index (χ0n) is 13.1. The Morgan fingerprint density at radius 2 is 1.57 bits per heavy atom. The monoisotopic (exact) mass is 308 g/mol. The second kappa shape index (κ2) is 6.34. The van der Waals surface area contributed by atoms with Crippen molar-refractivity contribution in [3.05, 3.63) is 71.3 Å². The number of rotatable bonds is 3. The third-order valence-electron chi connectivity index (χ3n) is 4.42. The Bertz CT molecular complexity index is 727. The van der Waals surface area contributed by atoms with Gasteiger partial charge in [0.15, 0.2) is 5.78 Å². The van der Waals surface area contributed by atoms with Gasteiger partial charge in [0.05, 0.1) is 5.56 Å². The van der Waals surface area contributed by atoms with Gasteiger partial charge >= 0.3 is 0 Å². The molecule has 3 rings (SSSR count). The minimum Gasteiger partial charge on any atom is -0.336 e. The van der Waals surface area contributed by atoms with Crippen molar-refractivity contribution in [3.63, 3.8) is 0 Å². The fourth-order valence-electron chi connectivity index (χ4n) is 3.19. The molecule has 2 aromatic carbocycles. The maximum absolute atomic E-state index is 12.8. The fraction of sp³-hybridized carbons (Fsp3) is 0.263. The number of nitrogens with two attached hydrogens (primary N) is 1. The van der Waals surface area contributed by atoms with E-state index in [2.05, 4.69) is 0 Å². The van der Waals surface area contributed by atoms with Gasteiger partial charge in [-0.15, -0.1) is 0 Å². The van der Waals surface area contributed by atoms with Crippen LogP contribution >= 0.6 is 0 Å². The van der Waals surface area contributed by atoms with E-state index < -0.39 is 0 Å². The second-order valence-corrected chi connectivity index (χ2v) is 5.99. The van der Waals surface area contributed by atoms with E-state index in [4.69, 9.17) is 5.73 Å². The summed E-state index contributed by atoms with van der Waals surface area (Å²) in [7, 11) is 0. The Balaban J connectivity index is 1.84. The molecule has 0 unspecified atom stereocenters. The van der Waals surface area contributed by atoms with Crippen molar-refractivity contribution in [2.45, 2.75) is 18.9 Å². The van der Waals surface area contributed by atoms with Gasteiger partial charge in [-0.05, 0) is 18.6 Å². The molecule has 118 valence electrons. The minimum atomic E-state index is -0.121. The molecule has 0 radical (unpaired) electrons. The number of Topliss-reactive ketones (excluding diaryl/α,β-unsaturated/α-hetero) is 1. The Labute approximate surface area is 135 Å². The van der Waals surface area contributed by atoms with Crippen LogP contribution in [-0.4, -0.2) is 35.7 Å². The summed E-state index contributed by atoms with van der Waals surface area (Å²) >= 11 is 0. The Morgan fingerprint density at radius 1 is 0.957 bits per heavy atom. The molecular formula is C19H20N2O2. The normalized spacial score (nSPS) is 20.5. The zero-order valence-corrected chi connectivity index (χ0v) is 13.1. The number of hydrogen-bond acceptors (Lipinski definition) is 3. The lowest BCUT2D eigenvalue weighted by Crippen LogP contribution is -2.32. The largest absolute Gasteiger partial charge is 0.336 e. The van der Waals surface area contributed by atoms with E-state index in [1.54, 1.807) is 29.2 Å². The van der Waals surface area contributed by atoms with Crippen LogP contribution in [0.1, 0.15) is 39.1 Å². The molecule has 1 saturated heterocycles. The smallest absolute Gasteiger partial charge is 0.254 e. The van der Waals surface area contributed by atoms with Gasteiger partial charge in [-0.25, -0.2) is 0 Å². The van der Waals surface area contributed by atoms with Crippen LogP contribution in [0.5, 0.6) is 0 Å². The summed E-state index contributed by atoms with van der Waals surface area (Å²) in [4.78, 5) is 26.3. The van der Waals surface area contributed by atoms with Crippen molar-refractivity contribution in [2.24, 2.45) is 5.73 Å². The molecule has 0 aliphatic carbocycles.